The summed E-state index contributed by atoms with van der Waals surface area (Å²) >= 11 is 0. The van der Waals surface area contributed by atoms with Crippen molar-refractivity contribution in [2.24, 2.45) is 0 Å². The molecule has 1 aliphatic rings. The zero-order valence-corrected chi connectivity index (χ0v) is 12.6. The lowest BCUT2D eigenvalue weighted by molar-refractivity contribution is -0.121. The zero-order valence-electron chi connectivity index (χ0n) is 12.6. The van der Waals surface area contributed by atoms with Gasteiger partial charge in [-0.25, -0.2) is 0 Å². The highest BCUT2D eigenvalue weighted by Crippen LogP contribution is 2.20. The van der Waals surface area contributed by atoms with E-state index in [2.05, 4.69) is 41.8 Å². The Morgan fingerprint density at radius 1 is 1.33 bits per heavy atom. The van der Waals surface area contributed by atoms with Gasteiger partial charge in [0.15, 0.2) is 0 Å². The fourth-order valence-corrected chi connectivity index (χ4v) is 2.56. The quantitative estimate of drug-likeness (QED) is 0.767. The predicted octanol–water partition coefficient (Wildman–Crippen LogP) is 2.42. The van der Waals surface area contributed by atoms with Gasteiger partial charge in [-0.3, -0.25) is 4.79 Å². The van der Waals surface area contributed by atoms with E-state index in [-0.39, 0.29) is 5.91 Å². The van der Waals surface area contributed by atoms with Crippen LogP contribution in [0.2, 0.25) is 0 Å². The number of hydrogen-bond donors (Lipinski definition) is 2. The predicted molar refractivity (Wildman–Crippen MR) is 85.1 cm³/mol. The van der Waals surface area contributed by atoms with Gasteiger partial charge < -0.3 is 15.2 Å². The number of carbonyl (C=O) groups excluding carboxylic acids is 1. The number of nitrogens with zero attached hydrogens (tertiary/aromatic N) is 1. The highest BCUT2D eigenvalue weighted by Gasteiger charge is 2.23. The number of aromatic nitrogens is 1. The molecule has 1 aromatic carbocycles. The van der Waals surface area contributed by atoms with Crippen LogP contribution >= 0.6 is 0 Å². The lowest BCUT2D eigenvalue weighted by Gasteiger charge is -2.07. The second kappa shape index (κ2) is 6.31. The van der Waals surface area contributed by atoms with E-state index in [1.165, 1.54) is 10.9 Å². The summed E-state index contributed by atoms with van der Waals surface area (Å²) in [4.78, 5) is 11.9. The molecule has 1 fully saturated rings. The summed E-state index contributed by atoms with van der Waals surface area (Å²) in [5.74, 6) is 0.115. The van der Waals surface area contributed by atoms with Gasteiger partial charge in [0, 0.05) is 24.3 Å². The van der Waals surface area contributed by atoms with Gasteiger partial charge >= 0.3 is 0 Å². The molecule has 1 amide bonds. The summed E-state index contributed by atoms with van der Waals surface area (Å²) in [7, 11) is 0. The Balaban J connectivity index is 1.68. The van der Waals surface area contributed by atoms with Crippen molar-refractivity contribution in [1.82, 2.24) is 15.2 Å². The minimum absolute atomic E-state index is 0.115. The van der Waals surface area contributed by atoms with Gasteiger partial charge in [0.1, 0.15) is 6.54 Å². The molecule has 4 nitrogen and oxygen atoms in total. The van der Waals surface area contributed by atoms with Gasteiger partial charge in [-0.15, -0.1) is 0 Å². The lowest BCUT2D eigenvalue weighted by atomic mass is 10.1. The molecule has 0 bridgehead atoms. The van der Waals surface area contributed by atoms with E-state index in [4.69, 9.17) is 0 Å². The van der Waals surface area contributed by atoms with Crippen LogP contribution < -0.4 is 10.6 Å². The van der Waals surface area contributed by atoms with E-state index in [0.717, 1.165) is 37.9 Å². The average molecular weight is 285 g/mol. The largest absolute Gasteiger partial charge is 0.352 e. The maximum atomic E-state index is 11.9. The van der Waals surface area contributed by atoms with Gasteiger partial charge in [-0.1, -0.05) is 13.0 Å². The molecule has 0 aliphatic heterocycles. The Bertz CT molecular complexity index is 628. The number of fused-ring (bicyclic) bond motifs is 1. The average Bonchev–Trinajstić information content (AvgIpc) is 3.20. The SMILES string of the molecule is CCCNCc1ccc2c(ccn2CC(=O)NC2CC2)c1. The third-order valence-electron chi connectivity index (χ3n) is 3.85. The number of rotatable bonds is 7. The minimum atomic E-state index is 0.115. The Kier molecular flexibility index (Phi) is 4.25. The summed E-state index contributed by atoms with van der Waals surface area (Å²) in [6.07, 6.45) is 5.41. The molecule has 1 aromatic heterocycles. The highest BCUT2D eigenvalue weighted by atomic mass is 16.2. The molecule has 2 aromatic rings. The fraction of sp³-hybridized carbons (Fsp3) is 0.471. The minimum Gasteiger partial charge on any atom is -0.352 e. The van der Waals surface area contributed by atoms with Crippen LogP contribution in [0.15, 0.2) is 30.5 Å². The summed E-state index contributed by atoms with van der Waals surface area (Å²) in [5, 5.41) is 7.64. The highest BCUT2D eigenvalue weighted by molar-refractivity contribution is 5.84. The smallest absolute Gasteiger partial charge is 0.240 e. The van der Waals surface area contributed by atoms with Gasteiger partial charge in [0.2, 0.25) is 5.91 Å². The topological polar surface area (TPSA) is 46.1 Å². The van der Waals surface area contributed by atoms with E-state index in [1.54, 1.807) is 0 Å². The van der Waals surface area contributed by atoms with Crippen molar-refractivity contribution in [2.45, 2.75) is 45.3 Å². The van der Waals surface area contributed by atoms with Crippen molar-refractivity contribution in [1.29, 1.82) is 0 Å². The summed E-state index contributed by atoms with van der Waals surface area (Å²) in [5.41, 5.74) is 2.41. The van der Waals surface area contributed by atoms with E-state index in [0.29, 0.717) is 12.6 Å². The number of benzene rings is 1. The maximum Gasteiger partial charge on any atom is 0.240 e. The van der Waals surface area contributed by atoms with Crippen LogP contribution in [-0.4, -0.2) is 23.1 Å². The van der Waals surface area contributed by atoms with Crippen LogP contribution in [0.5, 0.6) is 0 Å². The van der Waals surface area contributed by atoms with E-state index in [1.807, 2.05) is 10.8 Å². The molecule has 1 saturated carbocycles. The number of nitrogens with one attached hydrogen (secondary N) is 2. The summed E-state index contributed by atoms with van der Waals surface area (Å²) in [6, 6.07) is 8.97. The van der Waals surface area contributed by atoms with Gasteiger partial charge in [0.25, 0.3) is 0 Å². The molecule has 112 valence electrons. The number of hydrogen-bond acceptors (Lipinski definition) is 2. The first-order valence-corrected chi connectivity index (χ1v) is 7.84. The zero-order chi connectivity index (χ0) is 14.7. The number of carbonyl (C=O) groups is 1. The Labute approximate surface area is 125 Å². The third-order valence-corrected chi connectivity index (χ3v) is 3.85. The lowest BCUT2D eigenvalue weighted by Crippen LogP contribution is -2.28. The molecular weight excluding hydrogens is 262 g/mol. The van der Waals surface area contributed by atoms with Gasteiger partial charge in [0.05, 0.1) is 0 Å². The molecule has 1 heterocycles. The van der Waals surface area contributed by atoms with Crippen LogP contribution in [0.4, 0.5) is 0 Å². The fourth-order valence-electron chi connectivity index (χ4n) is 2.56. The second-order valence-corrected chi connectivity index (χ2v) is 5.86. The van der Waals surface area contributed by atoms with Crippen LogP contribution in [0.1, 0.15) is 31.7 Å². The molecule has 0 radical (unpaired) electrons. The third kappa shape index (κ3) is 3.64. The summed E-state index contributed by atoms with van der Waals surface area (Å²) < 4.78 is 2.02. The molecule has 4 heteroatoms. The summed E-state index contributed by atoms with van der Waals surface area (Å²) in [6.45, 7) is 4.52. The Morgan fingerprint density at radius 2 is 2.19 bits per heavy atom. The molecular formula is C17H23N3O. The van der Waals surface area contributed by atoms with Crippen molar-refractivity contribution < 1.29 is 4.79 Å². The molecule has 3 rings (SSSR count). The monoisotopic (exact) mass is 285 g/mol. The number of amides is 1. The van der Waals surface area contributed by atoms with Gasteiger partial charge in [-0.05, 0) is 55.0 Å². The normalized spacial score (nSPS) is 14.5. The Morgan fingerprint density at radius 3 is 2.95 bits per heavy atom. The first kappa shape index (κ1) is 14.1. The molecule has 0 unspecified atom stereocenters. The standard InChI is InChI=1S/C17H23N3O/c1-2-8-18-11-13-3-6-16-14(10-13)7-9-20(16)12-17(21)19-15-4-5-15/h3,6-7,9-10,15,18H,2,4-5,8,11-12H2,1H3,(H,19,21). The first-order chi connectivity index (χ1) is 10.3. The van der Waals surface area contributed by atoms with Crippen molar-refractivity contribution in [3.8, 4) is 0 Å². The van der Waals surface area contributed by atoms with Crippen molar-refractivity contribution >= 4 is 16.8 Å². The molecule has 2 N–H and O–H groups in total. The van der Waals surface area contributed by atoms with E-state index < -0.39 is 0 Å². The second-order valence-electron chi connectivity index (χ2n) is 5.86. The van der Waals surface area contributed by atoms with Crippen LogP contribution in [-0.2, 0) is 17.9 Å². The van der Waals surface area contributed by atoms with Crippen LogP contribution in [0.3, 0.4) is 0 Å². The van der Waals surface area contributed by atoms with Crippen LogP contribution in [0.25, 0.3) is 10.9 Å². The Hall–Kier alpha value is -1.81. The van der Waals surface area contributed by atoms with Crippen molar-refractivity contribution in [3.05, 3.63) is 36.0 Å². The van der Waals surface area contributed by atoms with E-state index >= 15 is 0 Å². The molecule has 0 atom stereocenters. The van der Waals surface area contributed by atoms with Crippen molar-refractivity contribution in [3.63, 3.8) is 0 Å². The molecule has 0 spiro atoms. The molecule has 1 aliphatic carbocycles. The maximum absolute atomic E-state index is 11.9. The molecule has 21 heavy (non-hydrogen) atoms. The molecule has 0 saturated heterocycles. The first-order valence-electron chi connectivity index (χ1n) is 7.84. The van der Waals surface area contributed by atoms with Crippen LogP contribution in [0, 0.1) is 0 Å². The van der Waals surface area contributed by atoms with Gasteiger partial charge in [-0.2, -0.15) is 0 Å². The van der Waals surface area contributed by atoms with E-state index in [9.17, 15) is 4.79 Å². The van der Waals surface area contributed by atoms with Crippen molar-refractivity contribution in [2.75, 3.05) is 6.54 Å².